The summed E-state index contributed by atoms with van der Waals surface area (Å²) in [7, 11) is 0. The first kappa shape index (κ1) is 8.59. The van der Waals surface area contributed by atoms with E-state index in [-0.39, 0.29) is 18.3 Å². The quantitative estimate of drug-likeness (QED) is 0.628. The van der Waals surface area contributed by atoms with E-state index >= 15 is 0 Å². The largest absolute Gasteiger partial charge is 0.461 e. The first-order chi connectivity index (χ1) is 5.68. The summed E-state index contributed by atoms with van der Waals surface area (Å²) < 4.78 is 4.71. The zero-order chi connectivity index (χ0) is 8.97. The number of esters is 1. The molecule has 0 aromatic heterocycles. The zero-order valence-corrected chi connectivity index (χ0v) is 6.74. The van der Waals surface area contributed by atoms with Crippen LogP contribution in [0, 0.1) is 0 Å². The molecule has 1 aromatic carbocycles. The second kappa shape index (κ2) is 3.76. The van der Waals surface area contributed by atoms with Gasteiger partial charge in [-0.15, -0.1) is 0 Å². The molecule has 1 radical (unpaired) electrons. The third-order valence-electron chi connectivity index (χ3n) is 1.34. The summed E-state index contributed by atoms with van der Waals surface area (Å²) in [6.07, 6.45) is 0. The molecular weight excluding hydrogens is 156 g/mol. The average Bonchev–Trinajstić information content (AvgIpc) is 2.01. The average molecular weight is 165 g/mol. The molecule has 63 valence electrons. The highest BCUT2D eigenvalue weighted by Crippen LogP contribution is 2.12. The predicted molar refractivity (Wildman–Crippen MR) is 42.0 cm³/mol. The van der Waals surface area contributed by atoms with Gasteiger partial charge in [-0.3, -0.25) is 9.90 Å². The van der Waals surface area contributed by atoms with E-state index in [2.05, 4.69) is 0 Å². The minimum absolute atomic E-state index is 0.0698. The van der Waals surface area contributed by atoms with Crippen molar-refractivity contribution in [3.63, 3.8) is 0 Å². The summed E-state index contributed by atoms with van der Waals surface area (Å²) >= 11 is 0. The number of carbonyl (C=O) groups excluding carboxylic acids is 1. The predicted octanol–water partition coefficient (Wildman–Crippen LogP) is 1.89. The van der Waals surface area contributed by atoms with E-state index in [1.807, 2.05) is 0 Å². The molecule has 3 heteroatoms. The van der Waals surface area contributed by atoms with Crippen LogP contribution in [0.4, 0.5) is 0 Å². The molecule has 0 N–H and O–H groups in total. The summed E-state index contributed by atoms with van der Waals surface area (Å²) in [6.45, 7) is 1.51. The van der Waals surface area contributed by atoms with Gasteiger partial charge in [0, 0.05) is 6.92 Å². The van der Waals surface area contributed by atoms with Gasteiger partial charge in [-0.2, -0.15) is 0 Å². The van der Waals surface area contributed by atoms with E-state index < -0.39 is 0 Å². The molecule has 0 amide bonds. The van der Waals surface area contributed by atoms with E-state index in [0.717, 1.165) is 5.56 Å². The summed E-state index contributed by atoms with van der Waals surface area (Å²) in [6, 6.07) is 6.28. The molecule has 3 nitrogen and oxygen atoms in total. The van der Waals surface area contributed by atoms with E-state index in [1.165, 1.54) is 19.1 Å². The number of benzene rings is 1. The van der Waals surface area contributed by atoms with Crippen LogP contribution >= 0.6 is 0 Å². The second-order valence-electron chi connectivity index (χ2n) is 2.43. The van der Waals surface area contributed by atoms with Gasteiger partial charge in [-0.1, -0.05) is 12.1 Å². The molecule has 0 saturated heterocycles. The maximum atomic E-state index is 10.8. The molecule has 0 heterocycles. The number of carbonyl (C=O) groups is 1. The van der Waals surface area contributed by atoms with Crippen LogP contribution < -0.4 is 0 Å². The van der Waals surface area contributed by atoms with Crippen LogP contribution in [0.15, 0.2) is 24.3 Å². The fourth-order valence-corrected chi connectivity index (χ4v) is 0.820. The molecule has 0 aliphatic rings. The SMILES string of the molecule is CC(=O)OCc1cccc([O])c1. The Morgan fingerprint density at radius 2 is 2.25 bits per heavy atom. The molecule has 1 aromatic rings. The highest BCUT2D eigenvalue weighted by atomic mass is 16.5. The maximum Gasteiger partial charge on any atom is 0.302 e. The van der Waals surface area contributed by atoms with Crippen LogP contribution in [0.5, 0.6) is 5.75 Å². The lowest BCUT2D eigenvalue weighted by Gasteiger charge is -2.00. The van der Waals surface area contributed by atoms with Gasteiger partial charge < -0.3 is 4.74 Å². The Kier molecular flexibility index (Phi) is 2.69. The molecule has 0 saturated carbocycles. The number of rotatable bonds is 2. The van der Waals surface area contributed by atoms with Gasteiger partial charge in [0.25, 0.3) is 0 Å². The van der Waals surface area contributed by atoms with Gasteiger partial charge in [-0.25, -0.2) is 0 Å². The minimum atomic E-state index is -0.341. The van der Waals surface area contributed by atoms with Crippen molar-refractivity contribution in [2.24, 2.45) is 0 Å². The van der Waals surface area contributed by atoms with Gasteiger partial charge in [0.1, 0.15) is 6.61 Å². The standard InChI is InChI=1S/C9H9O3/c1-7(10)12-6-8-3-2-4-9(11)5-8/h2-5H,6H2,1H3. The summed E-state index contributed by atoms with van der Waals surface area (Å²) in [5.74, 6) is -0.411. The van der Waals surface area contributed by atoms with Crippen LogP contribution in [0.25, 0.3) is 0 Å². The Balaban J connectivity index is 2.57. The second-order valence-corrected chi connectivity index (χ2v) is 2.43. The van der Waals surface area contributed by atoms with E-state index in [4.69, 9.17) is 4.74 Å². The first-order valence-electron chi connectivity index (χ1n) is 3.58. The Morgan fingerprint density at radius 1 is 1.50 bits per heavy atom. The van der Waals surface area contributed by atoms with E-state index in [0.29, 0.717) is 0 Å². The van der Waals surface area contributed by atoms with Crippen molar-refractivity contribution in [2.75, 3.05) is 0 Å². The summed E-state index contributed by atoms with van der Waals surface area (Å²) in [5.41, 5.74) is 0.720. The summed E-state index contributed by atoms with van der Waals surface area (Å²) in [4.78, 5) is 10.4. The van der Waals surface area contributed by atoms with Crippen molar-refractivity contribution in [3.8, 4) is 5.75 Å². The normalized spacial score (nSPS) is 9.42. The Labute approximate surface area is 70.6 Å². The topological polar surface area (TPSA) is 46.2 Å². The smallest absolute Gasteiger partial charge is 0.302 e. The summed E-state index contributed by atoms with van der Waals surface area (Å²) in [5, 5.41) is 10.8. The molecular formula is C9H9O3. The Hall–Kier alpha value is -1.51. The number of ether oxygens (including phenoxy) is 1. The highest BCUT2D eigenvalue weighted by Gasteiger charge is 1.97. The van der Waals surface area contributed by atoms with E-state index in [9.17, 15) is 9.90 Å². The number of hydrogen-bond acceptors (Lipinski definition) is 2. The van der Waals surface area contributed by atoms with Crippen LogP contribution in [0.1, 0.15) is 12.5 Å². The maximum absolute atomic E-state index is 10.8. The van der Waals surface area contributed by atoms with Crippen LogP contribution in [-0.4, -0.2) is 5.97 Å². The van der Waals surface area contributed by atoms with Gasteiger partial charge in [0.2, 0.25) is 0 Å². The fraction of sp³-hybridized carbons (Fsp3) is 0.222. The Bertz CT molecular complexity index is 281. The molecule has 0 spiro atoms. The van der Waals surface area contributed by atoms with Crippen molar-refractivity contribution in [3.05, 3.63) is 29.8 Å². The van der Waals surface area contributed by atoms with Crippen molar-refractivity contribution < 1.29 is 14.6 Å². The third-order valence-corrected chi connectivity index (χ3v) is 1.34. The molecule has 0 unspecified atom stereocenters. The van der Waals surface area contributed by atoms with E-state index in [1.54, 1.807) is 12.1 Å². The van der Waals surface area contributed by atoms with Gasteiger partial charge in [0.05, 0.1) is 0 Å². The first-order valence-corrected chi connectivity index (χ1v) is 3.58. The van der Waals surface area contributed by atoms with Crippen LogP contribution in [0.2, 0.25) is 0 Å². The van der Waals surface area contributed by atoms with Crippen molar-refractivity contribution in [1.29, 1.82) is 0 Å². The Morgan fingerprint density at radius 3 is 2.83 bits per heavy atom. The fourth-order valence-electron chi connectivity index (χ4n) is 0.820. The molecule has 0 bridgehead atoms. The number of hydrogen-bond donors (Lipinski definition) is 0. The van der Waals surface area contributed by atoms with Crippen LogP contribution in [-0.2, 0) is 21.2 Å². The zero-order valence-electron chi connectivity index (χ0n) is 6.74. The molecule has 1 rings (SSSR count). The molecule has 0 atom stereocenters. The van der Waals surface area contributed by atoms with Gasteiger partial charge >= 0.3 is 5.97 Å². The van der Waals surface area contributed by atoms with Crippen LogP contribution in [0.3, 0.4) is 0 Å². The molecule has 0 aliphatic carbocycles. The van der Waals surface area contributed by atoms with Crippen molar-refractivity contribution in [1.82, 2.24) is 0 Å². The van der Waals surface area contributed by atoms with Crippen molar-refractivity contribution in [2.45, 2.75) is 13.5 Å². The van der Waals surface area contributed by atoms with Gasteiger partial charge in [0.15, 0.2) is 5.75 Å². The molecule has 0 fully saturated rings. The van der Waals surface area contributed by atoms with Crippen molar-refractivity contribution >= 4 is 5.97 Å². The molecule has 12 heavy (non-hydrogen) atoms. The highest BCUT2D eigenvalue weighted by molar-refractivity contribution is 5.65. The van der Waals surface area contributed by atoms with Gasteiger partial charge in [-0.05, 0) is 17.7 Å². The lowest BCUT2D eigenvalue weighted by atomic mass is 10.2. The lowest BCUT2D eigenvalue weighted by molar-refractivity contribution is -0.142. The lowest BCUT2D eigenvalue weighted by Crippen LogP contribution is -1.98. The minimum Gasteiger partial charge on any atom is -0.461 e. The third kappa shape index (κ3) is 2.62. The molecule has 0 aliphatic heterocycles. The monoisotopic (exact) mass is 165 g/mol.